The van der Waals surface area contributed by atoms with Gasteiger partial charge in [-0.1, -0.05) is 5.21 Å². The molecule has 3 fully saturated rings. The van der Waals surface area contributed by atoms with Crippen molar-refractivity contribution < 1.29 is 9.59 Å². The Kier molecular flexibility index (Phi) is 3.76. The van der Waals surface area contributed by atoms with Gasteiger partial charge < -0.3 is 15.1 Å². The van der Waals surface area contributed by atoms with E-state index in [-0.39, 0.29) is 18.4 Å². The van der Waals surface area contributed by atoms with E-state index in [1.807, 2.05) is 4.90 Å². The summed E-state index contributed by atoms with van der Waals surface area (Å²) in [6.45, 7) is 3.31. The Morgan fingerprint density at radius 1 is 1.13 bits per heavy atom. The van der Waals surface area contributed by atoms with Crippen LogP contribution in [0.2, 0.25) is 0 Å². The zero-order valence-corrected chi connectivity index (χ0v) is 13.1. The molecule has 2 amide bonds. The van der Waals surface area contributed by atoms with Gasteiger partial charge in [-0.3, -0.25) is 9.59 Å². The molecule has 2 saturated heterocycles. The van der Waals surface area contributed by atoms with Crippen molar-refractivity contribution in [2.75, 3.05) is 32.7 Å². The highest BCUT2D eigenvalue weighted by Gasteiger charge is 2.37. The number of piperidine rings is 1. The number of rotatable bonds is 3. The first-order chi connectivity index (χ1) is 11.2. The van der Waals surface area contributed by atoms with E-state index in [0.29, 0.717) is 30.9 Å². The second kappa shape index (κ2) is 5.92. The van der Waals surface area contributed by atoms with Crippen LogP contribution in [0, 0.1) is 0 Å². The zero-order chi connectivity index (χ0) is 15.8. The third kappa shape index (κ3) is 2.95. The van der Waals surface area contributed by atoms with E-state index in [4.69, 9.17) is 0 Å². The van der Waals surface area contributed by atoms with Crippen LogP contribution >= 0.6 is 0 Å². The third-order valence-electron chi connectivity index (χ3n) is 4.94. The average molecular weight is 318 g/mol. The van der Waals surface area contributed by atoms with E-state index in [0.717, 1.165) is 38.8 Å². The molecule has 2 aliphatic heterocycles. The summed E-state index contributed by atoms with van der Waals surface area (Å²) >= 11 is 0. The van der Waals surface area contributed by atoms with Gasteiger partial charge in [-0.05, 0) is 38.8 Å². The first-order valence-corrected chi connectivity index (χ1v) is 8.43. The van der Waals surface area contributed by atoms with Crippen LogP contribution in [0.5, 0.6) is 0 Å². The lowest BCUT2D eigenvalue weighted by molar-refractivity contribution is -0.135. The predicted octanol–water partition coefficient (Wildman–Crippen LogP) is -0.351. The number of amides is 2. The molecule has 3 aliphatic rings. The fraction of sp³-hybridized carbons (Fsp3) is 0.733. The molecule has 0 spiro atoms. The van der Waals surface area contributed by atoms with Crippen molar-refractivity contribution in [3.63, 3.8) is 0 Å². The molecule has 0 aromatic carbocycles. The summed E-state index contributed by atoms with van der Waals surface area (Å²) in [4.78, 5) is 28.2. The average Bonchev–Trinajstić information content (AvgIpc) is 3.30. The Morgan fingerprint density at radius 3 is 2.61 bits per heavy atom. The number of carbonyl (C=O) groups is 2. The van der Waals surface area contributed by atoms with Gasteiger partial charge in [0.15, 0.2) is 5.69 Å². The van der Waals surface area contributed by atoms with Gasteiger partial charge in [0, 0.05) is 19.1 Å². The summed E-state index contributed by atoms with van der Waals surface area (Å²) < 4.78 is 1.80. The second-order valence-corrected chi connectivity index (χ2v) is 6.61. The molecule has 3 heterocycles. The first kappa shape index (κ1) is 14.6. The molecule has 0 unspecified atom stereocenters. The molecule has 124 valence electrons. The summed E-state index contributed by atoms with van der Waals surface area (Å²) in [6, 6.07) is 0.721. The molecule has 1 aliphatic carbocycles. The maximum Gasteiger partial charge on any atom is 0.276 e. The molecule has 4 rings (SSSR count). The normalized spacial score (nSPS) is 23.4. The van der Waals surface area contributed by atoms with E-state index in [2.05, 4.69) is 15.6 Å². The van der Waals surface area contributed by atoms with Crippen LogP contribution in [0.4, 0.5) is 0 Å². The molecule has 0 bridgehead atoms. The first-order valence-electron chi connectivity index (χ1n) is 8.43. The standard InChI is InChI=1S/C15H22N6O2/c22-14-10-19(7-8-20(14)11-1-2-11)15(23)13-9-21(18-17-13)12-3-5-16-6-4-12/h9,11-12,16H,1-8,10H2. The fourth-order valence-corrected chi connectivity index (χ4v) is 3.42. The summed E-state index contributed by atoms with van der Waals surface area (Å²) in [5.41, 5.74) is 0.344. The monoisotopic (exact) mass is 318 g/mol. The van der Waals surface area contributed by atoms with Crippen molar-refractivity contribution >= 4 is 11.8 Å². The lowest BCUT2D eigenvalue weighted by Crippen LogP contribution is -2.53. The van der Waals surface area contributed by atoms with Crippen LogP contribution in [0.15, 0.2) is 6.20 Å². The van der Waals surface area contributed by atoms with E-state index in [1.165, 1.54) is 0 Å². The highest BCUT2D eigenvalue weighted by Crippen LogP contribution is 2.28. The van der Waals surface area contributed by atoms with E-state index >= 15 is 0 Å². The van der Waals surface area contributed by atoms with Gasteiger partial charge >= 0.3 is 0 Å². The van der Waals surface area contributed by atoms with Gasteiger partial charge in [0.25, 0.3) is 5.91 Å². The Labute approximate surface area is 134 Å². The number of aromatic nitrogens is 3. The minimum absolute atomic E-state index is 0.0536. The number of carbonyl (C=O) groups excluding carboxylic acids is 2. The molecule has 1 aromatic heterocycles. The quantitative estimate of drug-likeness (QED) is 0.823. The van der Waals surface area contributed by atoms with Crippen LogP contribution in [0.25, 0.3) is 0 Å². The van der Waals surface area contributed by atoms with Crippen molar-refractivity contribution in [2.45, 2.75) is 37.8 Å². The SMILES string of the molecule is O=C(c1cn(C2CCNCC2)nn1)N1CCN(C2CC2)C(=O)C1. The van der Waals surface area contributed by atoms with Crippen molar-refractivity contribution in [1.29, 1.82) is 0 Å². The zero-order valence-electron chi connectivity index (χ0n) is 13.1. The summed E-state index contributed by atoms with van der Waals surface area (Å²) in [5, 5.41) is 11.5. The molecular formula is C15H22N6O2. The van der Waals surface area contributed by atoms with Crippen molar-refractivity contribution in [1.82, 2.24) is 30.1 Å². The second-order valence-electron chi connectivity index (χ2n) is 6.61. The smallest absolute Gasteiger partial charge is 0.276 e. The van der Waals surface area contributed by atoms with Crippen LogP contribution in [0.3, 0.4) is 0 Å². The Hall–Kier alpha value is -1.96. The highest BCUT2D eigenvalue weighted by molar-refractivity contribution is 5.95. The molecule has 23 heavy (non-hydrogen) atoms. The maximum absolute atomic E-state index is 12.6. The summed E-state index contributed by atoms with van der Waals surface area (Å²) in [6.07, 6.45) is 5.93. The lowest BCUT2D eigenvalue weighted by atomic mass is 10.1. The third-order valence-corrected chi connectivity index (χ3v) is 4.94. The topological polar surface area (TPSA) is 83.4 Å². The van der Waals surface area contributed by atoms with Gasteiger partial charge in [-0.15, -0.1) is 5.10 Å². The van der Waals surface area contributed by atoms with Gasteiger partial charge in [0.2, 0.25) is 5.91 Å². The van der Waals surface area contributed by atoms with Crippen molar-refractivity contribution in [3.05, 3.63) is 11.9 Å². The molecule has 8 nitrogen and oxygen atoms in total. The molecule has 8 heteroatoms. The van der Waals surface area contributed by atoms with Gasteiger partial charge in [0.1, 0.15) is 6.54 Å². The van der Waals surface area contributed by atoms with Crippen LogP contribution in [0.1, 0.15) is 42.2 Å². The van der Waals surface area contributed by atoms with Crippen LogP contribution in [-0.4, -0.2) is 75.4 Å². The fourth-order valence-electron chi connectivity index (χ4n) is 3.42. The number of hydrogen-bond acceptors (Lipinski definition) is 5. The molecule has 1 N–H and O–H groups in total. The Balaban J connectivity index is 1.41. The van der Waals surface area contributed by atoms with Gasteiger partial charge in [-0.2, -0.15) is 0 Å². The highest BCUT2D eigenvalue weighted by atomic mass is 16.2. The minimum atomic E-state index is -0.186. The van der Waals surface area contributed by atoms with Crippen molar-refractivity contribution in [2.24, 2.45) is 0 Å². The molecule has 0 radical (unpaired) electrons. The van der Waals surface area contributed by atoms with E-state index in [1.54, 1.807) is 15.8 Å². The van der Waals surface area contributed by atoms with Gasteiger partial charge in [0.05, 0.1) is 12.2 Å². The Morgan fingerprint density at radius 2 is 1.91 bits per heavy atom. The number of nitrogens with one attached hydrogen (secondary N) is 1. The van der Waals surface area contributed by atoms with Crippen LogP contribution < -0.4 is 5.32 Å². The lowest BCUT2D eigenvalue weighted by Gasteiger charge is -2.34. The summed E-state index contributed by atoms with van der Waals surface area (Å²) in [7, 11) is 0. The summed E-state index contributed by atoms with van der Waals surface area (Å²) in [5.74, 6) is -0.133. The maximum atomic E-state index is 12.6. The number of piperazine rings is 1. The van der Waals surface area contributed by atoms with Crippen LogP contribution in [-0.2, 0) is 4.79 Å². The van der Waals surface area contributed by atoms with E-state index < -0.39 is 0 Å². The predicted molar refractivity (Wildman–Crippen MR) is 81.8 cm³/mol. The number of hydrogen-bond donors (Lipinski definition) is 1. The molecular weight excluding hydrogens is 296 g/mol. The molecule has 1 saturated carbocycles. The van der Waals surface area contributed by atoms with E-state index in [9.17, 15) is 9.59 Å². The molecule has 1 aromatic rings. The van der Waals surface area contributed by atoms with Crippen molar-refractivity contribution in [3.8, 4) is 0 Å². The van der Waals surface area contributed by atoms with Gasteiger partial charge in [-0.25, -0.2) is 4.68 Å². The minimum Gasteiger partial charge on any atom is -0.336 e. The molecule has 0 atom stereocenters. The number of nitrogens with zero attached hydrogens (tertiary/aromatic N) is 5. The largest absolute Gasteiger partial charge is 0.336 e. The Bertz CT molecular complexity index is 605.